The molecule has 1 aromatic carbocycles. The molecule has 1 aliphatic carbocycles. The minimum absolute atomic E-state index is 0.0397. The van der Waals surface area contributed by atoms with Gasteiger partial charge in [0.15, 0.2) is 5.78 Å². The van der Waals surface area contributed by atoms with Gasteiger partial charge in [0.1, 0.15) is 6.04 Å². The van der Waals surface area contributed by atoms with E-state index in [1.165, 1.54) is 17.5 Å². The molecule has 21 heavy (non-hydrogen) atoms. The Morgan fingerprint density at radius 3 is 2.90 bits per heavy atom. The summed E-state index contributed by atoms with van der Waals surface area (Å²) in [5.74, 6) is -0.394. The highest BCUT2D eigenvalue weighted by atomic mass is 16.5. The molecule has 0 saturated carbocycles. The predicted octanol–water partition coefficient (Wildman–Crippen LogP) is 0.544. The van der Waals surface area contributed by atoms with Crippen LogP contribution in [0.1, 0.15) is 27.9 Å². The van der Waals surface area contributed by atoms with Crippen molar-refractivity contribution in [3.8, 4) is 0 Å². The molecule has 1 aliphatic heterocycles. The van der Waals surface area contributed by atoms with Crippen LogP contribution in [-0.4, -0.2) is 48.9 Å². The van der Waals surface area contributed by atoms with Gasteiger partial charge in [-0.25, -0.2) is 0 Å². The van der Waals surface area contributed by atoms with Crippen LogP contribution in [-0.2, 0) is 22.4 Å². The number of morpholine rings is 1. The molecule has 1 unspecified atom stereocenters. The third-order valence-electron chi connectivity index (χ3n) is 4.33. The van der Waals surface area contributed by atoms with E-state index in [4.69, 9.17) is 10.5 Å². The zero-order valence-electron chi connectivity index (χ0n) is 12.0. The van der Waals surface area contributed by atoms with Crippen LogP contribution in [0, 0.1) is 0 Å². The summed E-state index contributed by atoms with van der Waals surface area (Å²) in [4.78, 5) is 25.7. The molecule has 1 heterocycles. The third-order valence-corrected chi connectivity index (χ3v) is 4.33. The van der Waals surface area contributed by atoms with Gasteiger partial charge in [0.2, 0.25) is 5.91 Å². The lowest BCUT2D eigenvalue weighted by molar-refractivity contribution is -0.128. The predicted molar refractivity (Wildman–Crippen MR) is 78.2 cm³/mol. The molecule has 3 rings (SSSR count). The summed E-state index contributed by atoms with van der Waals surface area (Å²) in [6.07, 6.45) is 3.33. The van der Waals surface area contributed by atoms with Gasteiger partial charge in [0, 0.05) is 12.1 Å². The van der Waals surface area contributed by atoms with E-state index in [0.29, 0.717) is 13.2 Å². The number of nitrogens with zero attached hydrogens (tertiary/aromatic N) is 1. The lowest BCUT2D eigenvalue weighted by atomic mass is 10.0. The smallest absolute Gasteiger partial charge is 0.237 e. The summed E-state index contributed by atoms with van der Waals surface area (Å²) in [6.45, 7) is 1.58. The number of ketones is 1. The highest BCUT2D eigenvalue weighted by molar-refractivity contribution is 5.98. The Morgan fingerprint density at radius 1 is 1.29 bits per heavy atom. The summed E-state index contributed by atoms with van der Waals surface area (Å²) in [6, 6.07) is 5.45. The van der Waals surface area contributed by atoms with E-state index in [2.05, 4.69) is 6.07 Å². The summed E-state index contributed by atoms with van der Waals surface area (Å²) >= 11 is 0. The number of aryl methyl sites for hydroxylation is 2. The maximum absolute atomic E-state index is 12.4. The van der Waals surface area contributed by atoms with Crippen molar-refractivity contribution < 1.29 is 14.3 Å². The van der Waals surface area contributed by atoms with Gasteiger partial charge in [0.05, 0.1) is 19.8 Å². The number of hydrogen-bond acceptors (Lipinski definition) is 4. The fourth-order valence-electron chi connectivity index (χ4n) is 3.11. The second kappa shape index (κ2) is 5.95. The van der Waals surface area contributed by atoms with Crippen molar-refractivity contribution in [2.24, 2.45) is 5.73 Å². The van der Waals surface area contributed by atoms with Crippen molar-refractivity contribution in [3.63, 3.8) is 0 Å². The zero-order valence-corrected chi connectivity index (χ0v) is 12.0. The van der Waals surface area contributed by atoms with Crippen molar-refractivity contribution in [2.75, 3.05) is 26.3 Å². The first-order chi connectivity index (χ1) is 10.1. The number of primary amides is 1. The number of hydrogen-bond donors (Lipinski definition) is 1. The summed E-state index contributed by atoms with van der Waals surface area (Å²) in [5.41, 5.74) is 8.74. The first-order valence-corrected chi connectivity index (χ1v) is 7.41. The van der Waals surface area contributed by atoms with Gasteiger partial charge >= 0.3 is 0 Å². The number of benzene rings is 1. The van der Waals surface area contributed by atoms with E-state index < -0.39 is 11.9 Å². The van der Waals surface area contributed by atoms with Crippen molar-refractivity contribution in [1.82, 2.24) is 4.90 Å². The Labute approximate surface area is 124 Å². The van der Waals surface area contributed by atoms with Crippen LogP contribution in [0.4, 0.5) is 0 Å². The van der Waals surface area contributed by atoms with Crippen LogP contribution in [0.5, 0.6) is 0 Å². The van der Waals surface area contributed by atoms with Gasteiger partial charge < -0.3 is 10.5 Å². The van der Waals surface area contributed by atoms with Crippen LogP contribution in [0.25, 0.3) is 0 Å². The molecule has 1 aromatic rings. The molecule has 1 fully saturated rings. The molecule has 2 N–H and O–H groups in total. The number of amides is 1. The number of fused-ring (bicyclic) bond motifs is 1. The lowest BCUT2D eigenvalue weighted by Gasteiger charge is -2.32. The number of Topliss-reactive ketones (excluding diaryl/α,β-unsaturated/α-hetero) is 1. The molecule has 1 atom stereocenters. The average Bonchev–Trinajstić information content (AvgIpc) is 2.94. The Bertz CT molecular complexity index is 571. The minimum atomic E-state index is -0.503. The number of carbonyl (C=O) groups is 2. The van der Waals surface area contributed by atoms with E-state index in [9.17, 15) is 9.59 Å². The molecule has 112 valence electrons. The number of carbonyl (C=O) groups excluding carboxylic acids is 2. The molecular weight excluding hydrogens is 268 g/mol. The number of ether oxygens (including phenoxy) is 1. The van der Waals surface area contributed by atoms with Gasteiger partial charge in [-0.2, -0.15) is 0 Å². The van der Waals surface area contributed by atoms with Gasteiger partial charge in [-0.15, -0.1) is 0 Å². The van der Waals surface area contributed by atoms with Crippen LogP contribution in [0.3, 0.4) is 0 Å². The van der Waals surface area contributed by atoms with Crippen LogP contribution in [0.15, 0.2) is 18.2 Å². The summed E-state index contributed by atoms with van der Waals surface area (Å²) in [7, 11) is 0. The van der Waals surface area contributed by atoms with Crippen molar-refractivity contribution >= 4 is 11.7 Å². The topological polar surface area (TPSA) is 72.6 Å². The van der Waals surface area contributed by atoms with E-state index in [1.54, 1.807) is 0 Å². The first-order valence-electron chi connectivity index (χ1n) is 7.41. The van der Waals surface area contributed by atoms with E-state index >= 15 is 0 Å². The summed E-state index contributed by atoms with van der Waals surface area (Å²) < 4.78 is 5.27. The van der Waals surface area contributed by atoms with Crippen molar-refractivity contribution in [3.05, 3.63) is 34.9 Å². The Morgan fingerprint density at radius 2 is 2.10 bits per heavy atom. The molecule has 5 heteroatoms. The van der Waals surface area contributed by atoms with Crippen LogP contribution in [0.2, 0.25) is 0 Å². The third kappa shape index (κ3) is 2.99. The fourth-order valence-corrected chi connectivity index (χ4v) is 3.11. The highest BCUT2D eigenvalue weighted by Gasteiger charge is 2.29. The monoisotopic (exact) mass is 288 g/mol. The normalized spacial score (nSPS) is 22.0. The second-order valence-electron chi connectivity index (χ2n) is 5.72. The average molecular weight is 288 g/mol. The number of nitrogens with two attached hydrogens (primary N) is 1. The molecule has 0 radical (unpaired) electrons. The van der Waals surface area contributed by atoms with E-state index in [-0.39, 0.29) is 18.9 Å². The highest BCUT2D eigenvalue weighted by Crippen LogP contribution is 2.23. The first kappa shape index (κ1) is 14.2. The molecule has 0 spiro atoms. The van der Waals surface area contributed by atoms with E-state index in [0.717, 1.165) is 18.4 Å². The molecular formula is C16H20N2O3. The molecule has 1 saturated heterocycles. The maximum Gasteiger partial charge on any atom is 0.237 e. The SMILES string of the molecule is NC(=O)C1COCCN1CC(=O)c1ccc2c(c1)CCC2. The molecule has 5 nitrogen and oxygen atoms in total. The maximum atomic E-state index is 12.4. The number of rotatable bonds is 4. The Kier molecular flexibility index (Phi) is 4.03. The van der Waals surface area contributed by atoms with Crippen molar-refractivity contribution in [2.45, 2.75) is 25.3 Å². The lowest BCUT2D eigenvalue weighted by Crippen LogP contribution is -2.53. The van der Waals surface area contributed by atoms with Crippen LogP contribution >= 0.6 is 0 Å². The van der Waals surface area contributed by atoms with Crippen LogP contribution < -0.4 is 5.73 Å². The molecule has 0 bridgehead atoms. The Balaban J connectivity index is 1.72. The molecule has 2 aliphatic rings. The minimum Gasteiger partial charge on any atom is -0.378 e. The van der Waals surface area contributed by atoms with Gasteiger partial charge in [0.25, 0.3) is 0 Å². The molecule has 1 amide bonds. The standard InChI is InChI=1S/C16H20N2O3/c17-16(20)14-10-21-7-6-18(14)9-15(19)13-5-4-11-2-1-3-12(11)8-13/h4-5,8,14H,1-3,6-7,9-10H2,(H2,17,20). The molecule has 0 aromatic heterocycles. The Hall–Kier alpha value is -1.72. The van der Waals surface area contributed by atoms with Gasteiger partial charge in [-0.1, -0.05) is 12.1 Å². The van der Waals surface area contributed by atoms with E-state index in [1.807, 2.05) is 17.0 Å². The fraction of sp³-hybridized carbons (Fsp3) is 0.500. The quantitative estimate of drug-likeness (QED) is 0.821. The zero-order chi connectivity index (χ0) is 14.8. The second-order valence-corrected chi connectivity index (χ2v) is 5.72. The van der Waals surface area contributed by atoms with Gasteiger partial charge in [-0.05, 0) is 36.5 Å². The van der Waals surface area contributed by atoms with Gasteiger partial charge in [-0.3, -0.25) is 14.5 Å². The van der Waals surface area contributed by atoms with Crippen molar-refractivity contribution in [1.29, 1.82) is 0 Å². The largest absolute Gasteiger partial charge is 0.378 e. The summed E-state index contributed by atoms with van der Waals surface area (Å²) in [5, 5.41) is 0.